The fraction of sp³-hybridized carbons (Fsp3) is 0.308. The van der Waals surface area contributed by atoms with E-state index in [0.717, 1.165) is 35.4 Å². The van der Waals surface area contributed by atoms with E-state index in [-0.39, 0.29) is 24.8 Å². The van der Waals surface area contributed by atoms with Crippen molar-refractivity contribution in [1.82, 2.24) is 15.4 Å². The molecule has 0 bridgehead atoms. The van der Waals surface area contributed by atoms with Crippen LogP contribution in [0.4, 0.5) is 30.8 Å². The molecule has 1 heterocycles. The van der Waals surface area contributed by atoms with E-state index in [1.165, 1.54) is 4.57 Å². The number of ether oxygens (including phenoxy) is 4. The molecule has 208 valence electrons. The summed E-state index contributed by atoms with van der Waals surface area (Å²) >= 11 is 0. The summed E-state index contributed by atoms with van der Waals surface area (Å²) < 4.78 is 21.5. The van der Waals surface area contributed by atoms with Crippen LogP contribution < -0.4 is 20.9 Å². The van der Waals surface area contributed by atoms with Gasteiger partial charge >= 0.3 is 24.4 Å². The van der Waals surface area contributed by atoms with Gasteiger partial charge in [0.2, 0.25) is 0 Å². The van der Waals surface area contributed by atoms with Crippen molar-refractivity contribution in [3.8, 4) is 5.69 Å². The van der Waals surface area contributed by atoms with Gasteiger partial charge in [-0.2, -0.15) is 10.0 Å². The molecule has 0 saturated carbocycles. The van der Waals surface area contributed by atoms with Crippen molar-refractivity contribution in [2.45, 2.75) is 27.7 Å². The zero-order chi connectivity index (χ0) is 28.7. The lowest BCUT2D eigenvalue weighted by molar-refractivity contribution is 0.138. The largest absolute Gasteiger partial charge is 0.452 e. The predicted octanol–water partition coefficient (Wildman–Crippen LogP) is 4.72. The highest BCUT2D eigenvalue weighted by molar-refractivity contribution is 6.11. The van der Waals surface area contributed by atoms with Crippen LogP contribution in [0, 0.1) is 13.8 Å². The van der Waals surface area contributed by atoms with Crippen LogP contribution in [0.1, 0.15) is 25.0 Å². The Labute approximate surface area is 225 Å². The van der Waals surface area contributed by atoms with E-state index in [2.05, 4.69) is 10.9 Å². The summed E-state index contributed by atoms with van der Waals surface area (Å²) in [7, 11) is 2.29. The minimum absolute atomic E-state index is 0.00694. The second-order valence-electron chi connectivity index (χ2n) is 8.02. The number of carbonyl (C=O) groups excluding carboxylic acids is 4. The van der Waals surface area contributed by atoms with Crippen molar-refractivity contribution in [3.05, 3.63) is 53.6 Å². The maximum atomic E-state index is 13.3. The fourth-order valence-electron chi connectivity index (χ4n) is 3.90. The zero-order valence-corrected chi connectivity index (χ0v) is 22.6. The maximum Gasteiger partial charge on any atom is 0.435 e. The molecule has 0 spiro atoms. The minimum Gasteiger partial charge on any atom is -0.452 e. The zero-order valence-electron chi connectivity index (χ0n) is 22.6. The molecule has 13 nitrogen and oxygen atoms in total. The number of nitrogens with one attached hydrogen (secondary N) is 2. The number of amides is 4. The summed E-state index contributed by atoms with van der Waals surface area (Å²) in [6.07, 6.45) is -3.74. The van der Waals surface area contributed by atoms with Gasteiger partial charge in [-0.3, -0.25) is 4.57 Å². The number of aryl methyl sites for hydroxylation is 1. The number of anilines is 2. The van der Waals surface area contributed by atoms with Crippen molar-refractivity contribution in [2.24, 2.45) is 0 Å². The van der Waals surface area contributed by atoms with Crippen LogP contribution in [-0.2, 0) is 18.9 Å². The Morgan fingerprint density at radius 2 is 1.31 bits per heavy atom. The number of fused-ring (bicyclic) bond motifs is 1. The maximum absolute atomic E-state index is 13.3. The summed E-state index contributed by atoms with van der Waals surface area (Å²) in [6, 6.07) is 12.2. The SMILES string of the molecule is CCOC(=O)NN(C(=O)OCC)c1c2ccccc2c(N(NC(=O)OC)C(=O)OC)n1-c1cccc(C)c1C. The van der Waals surface area contributed by atoms with E-state index in [0.29, 0.717) is 16.5 Å². The van der Waals surface area contributed by atoms with Gasteiger partial charge in [0, 0.05) is 10.8 Å². The third-order valence-electron chi connectivity index (χ3n) is 5.75. The number of benzene rings is 2. The number of aromatic nitrogens is 1. The van der Waals surface area contributed by atoms with Gasteiger partial charge < -0.3 is 18.9 Å². The predicted molar refractivity (Wildman–Crippen MR) is 143 cm³/mol. The van der Waals surface area contributed by atoms with Gasteiger partial charge in [0.05, 0.1) is 33.1 Å². The van der Waals surface area contributed by atoms with Crippen molar-refractivity contribution in [2.75, 3.05) is 37.5 Å². The topological polar surface area (TPSA) is 141 Å². The van der Waals surface area contributed by atoms with Crippen molar-refractivity contribution in [1.29, 1.82) is 0 Å². The van der Waals surface area contributed by atoms with Gasteiger partial charge in [-0.1, -0.05) is 36.4 Å². The lowest BCUT2D eigenvalue weighted by Gasteiger charge is -2.28. The molecule has 0 aliphatic rings. The van der Waals surface area contributed by atoms with Crippen molar-refractivity contribution >= 4 is 46.8 Å². The highest BCUT2D eigenvalue weighted by Gasteiger charge is 2.34. The number of hydrogen-bond donors (Lipinski definition) is 2. The molecule has 39 heavy (non-hydrogen) atoms. The highest BCUT2D eigenvalue weighted by atomic mass is 16.6. The molecule has 13 heteroatoms. The normalized spacial score (nSPS) is 10.4. The first kappa shape index (κ1) is 28.6. The van der Waals surface area contributed by atoms with Gasteiger partial charge in [0.25, 0.3) is 0 Å². The van der Waals surface area contributed by atoms with Crippen LogP contribution in [0.15, 0.2) is 42.5 Å². The summed E-state index contributed by atoms with van der Waals surface area (Å²) in [5.74, 6) is 0.188. The molecule has 0 fully saturated rings. The number of nitrogens with zero attached hydrogens (tertiary/aromatic N) is 3. The number of hydrazine groups is 2. The van der Waals surface area contributed by atoms with Crippen LogP contribution in [0.25, 0.3) is 16.5 Å². The van der Waals surface area contributed by atoms with Crippen LogP contribution in [-0.4, -0.2) is 56.4 Å². The van der Waals surface area contributed by atoms with Crippen molar-refractivity contribution in [3.63, 3.8) is 0 Å². The molecule has 0 aliphatic carbocycles. The van der Waals surface area contributed by atoms with Crippen molar-refractivity contribution < 1.29 is 38.1 Å². The first-order chi connectivity index (χ1) is 18.7. The highest BCUT2D eigenvalue weighted by Crippen LogP contribution is 2.42. The Morgan fingerprint density at radius 1 is 0.744 bits per heavy atom. The molecule has 0 radical (unpaired) electrons. The quantitative estimate of drug-likeness (QED) is 0.349. The molecule has 0 saturated heterocycles. The Kier molecular flexibility index (Phi) is 9.20. The summed E-state index contributed by atoms with van der Waals surface area (Å²) in [5.41, 5.74) is 7.00. The van der Waals surface area contributed by atoms with E-state index < -0.39 is 24.4 Å². The minimum atomic E-state index is -0.956. The molecule has 3 aromatic rings. The van der Waals surface area contributed by atoms with Crippen LogP contribution in [0.5, 0.6) is 0 Å². The molecule has 0 unspecified atom stereocenters. The monoisotopic (exact) mass is 541 g/mol. The van der Waals surface area contributed by atoms with E-state index in [4.69, 9.17) is 18.9 Å². The van der Waals surface area contributed by atoms with Gasteiger partial charge in [-0.15, -0.1) is 0 Å². The first-order valence-corrected chi connectivity index (χ1v) is 12.0. The van der Waals surface area contributed by atoms with Gasteiger partial charge in [0.1, 0.15) is 0 Å². The summed E-state index contributed by atoms with van der Waals surface area (Å²) in [4.78, 5) is 51.2. The van der Waals surface area contributed by atoms with Gasteiger partial charge in [-0.05, 0) is 44.9 Å². The molecule has 2 N–H and O–H groups in total. The average molecular weight is 542 g/mol. The molecular formula is C26H31N5O8. The number of carbonyl (C=O) groups is 4. The molecule has 0 atom stereocenters. The Hall–Kier alpha value is -4.94. The lowest BCUT2D eigenvalue weighted by atomic mass is 10.1. The molecular weight excluding hydrogens is 510 g/mol. The van der Waals surface area contributed by atoms with E-state index in [9.17, 15) is 19.2 Å². The Morgan fingerprint density at radius 3 is 1.85 bits per heavy atom. The third-order valence-corrected chi connectivity index (χ3v) is 5.75. The number of rotatable bonds is 5. The van der Waals surface area contributed by atoms with E-state index in [1.54, 1.807) is 50.2 Å². The second kappa shape index (κ2) is 12.5. The fourth-order valence-corrected chi connectivity index (χ4v) is 3.90. The third kappa shape index (κ3) is 5.81. The molecule has 0 aliphatic heterocycles. The number of hydrogen-bond acceptors (Lipinski definition) is 8. The average Bonchev–Trinajstić information content (AvgIpc) is 3.25. The first-order valence-electron chi connectivity index (χ1n) is 12.0. The van der Waals surface area contributed by atoms with E-state index >= 15 is 0 Å². The summed E-state index contributed by atoms with van der Waals surface area (Å²) in [6.45, 7) is 7.04. The van der Waals surface area contributed by atoms with Crippen LogP contribution in [0.3, 0.4) is 0 Å². The van der Waals surface area contributed by atoms with Gasteiger partial charge in [-0.25, -0.2) is 30.0 Å². The molecule has 1 aromatic heterocycles. The molecule has 2 aromatic carbocycles. The summed E-state index contributed by atoms with van der Waals surface area (Å²) in [5, 5.41) is 2.57. The van der Waals surface area contributed by atoms with Crippen LogP contribution >= 0.6 is 0 Å². The van der Waals surface area contributed by atoms with E-state index in [1.807, 2.05) is 19.9 Å². The Bertz CT molecular complexity index is 1390. The number of methoxy groups -OCH3 is 2. The van der Waals surface area contributed by atoms with Gasteiger partial charge in [0.15, 0.2) is 11.6 Å². The smallest absolute Gasteiger partial charge is 0.435 e. The standard InChI is InChI=1S/C26H31N5O8/c1-7-38-24(33)28-31(26(35)39-8-2)22-19-14-10-9-13-18(19)21(30(25(34)37-6)27-23(32)36-5)29(22)20-15-11-12-16(3)17(20)4/h9-15H,7-8H2,1-6H3,(H,27,32)(H,28,33). The Balaban J connectivity index is 2.52. The van der Waals surface area contributed by atoms with Crippen LogP contribution in [0.2, 0.25) is 0 Å². The lowest BCUT2D eigenvalue weighted by Crippen LogP contribution is -2.49. The second-order valence-corrected chi connectivity index (χ2v) is 8.02. The molecule has 4 amide bonds. The molecule has 3 rings (SSSR count).